The van der Waals surface area contributed by atoms with Gasteiger partial charge in [0, 0.05) is 15.1 Å². The third kappa shape index (κ3) is 3.15. The van der Waals surface area contributed by atoms with Crippen molar-refractivity contribution in [2.45, 2.75) is 13.0 Å². The molecule has 2 rings (SSSR count). The van der Waals surface area contributed by atoms with E-state index in [9.17, 15) is 4.39 Å². The predicted octanol–water partition coefficient (Wildman–Crippen LogP) is 4.10. The fourth-order valence-corrected chi connectivity index (χ4v) is 2.88. The van der Waals surface area contributed by atoms with Crippen LogP contribution in [0.3, 0.4) is 0 Å². The number of hydrogen-bond donors (Lipinski definition) is 2. The van der Waals surface area contributed by atoms with Gasteiger partial charge in [0.05, 0.1) is 6.04 Å². The van der Waals surface area contributed by atoms with E-state index >= 15 is 0 Å². The first-order valence-electron chi connectivity index (χ1n) is 5.70. The maximum atomic E-state index is 14.0. The van der Waals surface area contributed by atoms with Crippen molar-refractivity contribution < 1.29 is 4.39 Å². The molecule has 0 spiro atoms. The van der Waals surface area contributed by atoms with Crippen LogP contribution in [0.5, 0.6) is 0 Å². The number of rotatable bonds is 3. The van der Waals surface area contributed by atoms with E-state index < -0.39 is 6.04 Å². The van der Waals surface area contributed by atoms with Crippen LogP contribution in [0.25, 0.3) is 0 Å². The van der Waals surface area contributed by atoms with Gasteiger partial charge in [-0.15, -0.1) is 0 Å². The zero-order valence-corrected chi connectivity index (χ0v) is 12.6. The Hall–Kier alpha value is -0.940. The van der Waals surface area contributed by atoms with Gasteiger partial charge in [-0.25, -0.2) is 9.82 Å². The molecule has 2 aromatic carbocycles. The van der Waals surface area contributed by atoms with Gasteiger partial charge in [0.15, 0.2) is 0 Å². The molecule has 0 radical (unpaired) electrons. The Kier molecular flexibility index (Phi) is 4.58. The molecule has 0 amide bonds. The van der Waals surface area contributed by atoms with Crippen molar-refractivity contribution in [2.75, 3.05) is 0 Å². The van der Waals surface area contributed by atoms with Crippen molar-refractivity contribution in [3.8, 4) is 0 Å². The van der Waals surface area contributed by atoms with E-state index in [1.807, 2.05) is 13.0 Å². The minimum Gasteiger partial charge on any atom is -0.271 e. The molecule has 0 saturated heterocycles. The summed E-state index contributed by atoms with van der Waals surface area (Å²) in [6.07, 6.45) is 0. The summed E-state index contributed by atoms with van der Waals surface area (Å²) in [4.78, 5) is 0. The highest BCUT2D eigenvalue weighted by Crippen LogP contribution is 2.31. The quantitative estimate of drug-likeness (QED) is 0.650. The second-order valence-corrected chi connectivity index (χ2v) is 5.58. The minimum atomic E-state index is -0.438. The van der Waals surface area contributed by atoms with Crippen LogP contribution in [0.1, 0.15) is 22.7 Å². The molecule has 1 atom stereocenters. The van der Waals surface area contributed by atoms with Gasteiger partial charge < -0.3 is 0 Å². The summed E-state index contributed by atoms with van der Waals surface area (Å²) in [5, 5.41) is 0.608. The summed E-state index contributed by atoms with van der Waals surface area (Å²) in [5.41, 5.74) is 4.96. The summed E-state index contributed by atoms with van der Waals surface area (Å²) in [7, 11) is 0. The molecule has 0 aromatic heterocycles. The van der Waals surface area contributed by atoms with Crippen LogP contribution in [0.4, 0.5) is 4.39 Å². The molecule has 100 valence electrons. The fourth-order valence-electron chi connectivity index (χ4n) is 1.97. The molecule has 0 fully saturated rings. The monoisotopic (exact) mass is 342 g/mol. The first-order valence-corrected chi connectivity index (χ1v) is 6.87. The number of halogens is 3. The number of hydrazine groups is 1. The van der Waals surface area contributed by atoms with Crippen molar-refractivity contribution in [1.82, 2.24) is 5.43 Å². The average molecular weight is 344 g/mol. The third-order valence-electron chi connectivity index (χ3n) is 2.90. The lowest BCUT2D eigenvalue weighted by molar-refractivity contribution is 0.558. The van der Waals surface area contributed by atoms with E-state index in [2.05, 4.69) is 21.4 Å². The van der Waals surface area contributed by atoms with Gasteiger partial charge in [0.25, 0.3) is 0 Å². The van der Waals surface area contributed by atoms with Gasteiger partial charge >= 0.3 is 0 Å². The molecule has 0 aliphatic heterocycles. The molecule has 2 nitrogen and oxygen atoms in total. The molecule has 0 bridgehead atoms. The summed E-state index contributed by atoms with van der Waals surface area (Å²) in [5.74, 6) is 5.30. The Labute approximate surface area is 124 Å². The first kappa shape index (κ1) is 14.5. The smallest absolute Gasteiger partial charge is 0.128 e. The standard InChI is InChI=1S/C14H13BrClFN2/c1-8-2-5-13(17)11(6-8)14(19-18)10-4-3-9(16)7-12(10)15/h2-7,14,19H,18H2,1H3. The van der Waals surface area contributed by atoms with Gasteiger partial charge in [-0.2, -0.15) is 0 Å². The lowest BCUT2D eigenvalue weighted by Crippen LogP contribution is -2.29. The summed E-state index contributed by atoms with van der Waals surface area (Å²) >= 11 is 9.34. The van der Waals surface area contributed by atoms with Crippen molar-refractivity contribution in [3.05, 3.63) is 68.4 Å². The van der Waals surface area contributed by atoms with Crippen molar-refractivity contribution in [1.29, 1.82) is 0 Å². The maximum Gasteiger partial charge on any atom is 0.128 e. The van der Waals surface area contributed by atoms with Crippen LogP contribution < -0.4 is 11.3 Å². The van der Waals surface area contributed by atoms with Gasteiger partial charge in [0.1, 0.15) is 5.82 Å². The van der Waals surface area contributed by atoms with Crippen LogP contribution in [0.2, 0.25) is 5.02 Å². The fraction of sp³-hybridized carbons (Fsp3) is 0.143. The summed E-state index contributed by atoms with van der Waals surface area (Å²) in [6, 6.07) is 9.84. The average Bonchev–Trinajstić information content (AvgIpc) is 2.36. The third-order valence-corrected chi connectivity index (χ3v) is 3.82. The van der Waals surface area contributed by atoms with E-state index in [1.165, 1.54) is 6.07 Å². The number of nitrogens with two attached hydrogens (primary N) is 1. The van der Waals surface area contributed by atoms with Gasteiger partial charge in [-0.3, -0.25) is 5.84 Å². The molecule has 1 unspecified atom stereocenters. The zero-order chi connectivity index (χ0) is 14.0. The molecule has 3 N–H and O–H groups in total. The first-order chi connectivity index (χ1) is 9.02. The van der Waals surface area contributed by atoms with Crippen LogP contribution >= 0.6 is 27.5 Å². The number of hydrogen-bond acceptors (Lipinski definition) is 2. The van der Waals surface area contributed by atoms with Crippen molar-refractivity contribution in [2.24, 2.45) is 5.84 Å². The van der Waals surface area contributed by atoms with E-state index in [-0.39, 0.29) is 5.82 Å². The maximum absolute atomic E-state index is 14.0. The topological polar surface area (TPSA) is 38.0 Å². The highest BCUT2D eigenvalue weighted by atomic mass is 79.9. The van der Waals surface area contributed by atoms with E-state index in [0.717, 1.165) is 15.6 Å². The summed E-state index contributed by atoms with van der Waals surface area (Å²) < 4.78 is 14.7. The minimum absolute atomic E-state index is 0.296. The van der Waals surface area contributed by atoms with Crippen LogP contribution in [0, 0.1) is 12.7 Å². The molecule has 0 saturated carbocycles. The molecule has 0 heterocycles. The lowest BCUT2D eigenvalue weighted by Gasteiger charge is -2.19. The molecular formula is C14H13BrClFN2. The number of nitrogens with one attached hydrogen (secondary N) is 1. The van der Waals surface area contributed by atoms with E-state index in [4.69, 9.17) is 17.4 Å². The molecule has 0 aliphatic carbocycles. The van der Waals surface area contributed by atoms with Crippen molar-refractivity contribution in [3.63, 3.8) is 0 Å². The van der Waals surface area contributed by atoms with Crippen LogP contribution in [-0.4, -0.2) is 0 Å². The lowest BCUT2D eigenvalue weighted by atomic mass is 9.97. The van der Waals surface area contributed by atoms with Gasteiger partial charge in [-0.1, -0.05) is 51.3 Å². The predicted molar refractivity (Wildman–Crippen MR) is 79.5 cm³/mol. The van der Waals surface area contributed by atoms with Gasteiger partial charge in [-0.05, 0) is 30.7 Å². The Bertz CT molecular complexity index is 604. The normalized spacial score (nSPS) is 12.5. The van der Waals surface area contributed by atoms with Crippen molar-refractivity contribution >= 4 is 27.5 Å². The Morgan fingerprint density at radius 1 is 1.21 bits per heavy atom. The second-order valence-electron chi connectivity index (χ2n) is 4.29. The highest BCUT2D eigenvalue weighted by molar-refractivity contribution is 9.10. The Balaban J connectivity index is 2.52. The highest BCUT2D eigenvalue weighted by Gasteiger charge is 2.19. The van der Waals surface area contributed by atoms with Crippen LogP contribution in [0.15, 0.2) is 40.9 Å². The molecular weight excluding hydrogens is 331 g/mol. The number of aryl methyl sites for hydroxylation is 1. The molecule has 19 heavy (non-hydrogen) atoms. The molecule has 5 heteroatoms. The van der Waals surface area contributed by atoms with Gasteiger partial charge in [0.2, 0.25) is 0 Å². The van der Waals surface area contributed by atoms with E-state index in [1.54, 1.807) is 24.3 Å². The molecule has 2 aromatic rings. The Morgan fingerprint density at radius 3 is 2.58 bits per heavy atom. The van der Waals surface area contributed by atoms with E-state index in [0.29, 0.717) is 10.6 Å². The summed E-state index contributed by atoms with van der Waals surface area (Å²) in [6.45, 7) is 1.91. The number of benzene rings is 2. The second kappa shape index (κ2) is 6.01. The largest absolute Gasteiger partial charge is 0.271 e. The van der Waals surface area contributed by atoms with Crippen LogP contribution in [-0.2, 0) is 0 Å². The zero-order valence-electron chi connectivity index (χ0n) is 10.3. The molecule has 0 aliphatic rings. The SMILES string of the molecule is Cc1ccc(F)c(C(NN)c2ccc(Cl)cc2Br)c1. The Morgan fingerprint density at radius 2 is 1.95 bits per heavy atom.